The van der Waals surface area contributed by atoms with E-state index < -0.39 is 47.3 Å². The summed E-state index contributed by atoms with van der Waals surface area (Å²) in [5.41, 5.74) is -1.15. The molecule has 8 heteroatoms. The standard InChI is InChI=1S/C16H20F3NO4/c1-16(2,3)20(15(22)23)13-4-8(21)7-24-14(13)9-5-11(18)12(19)6-10(9)17/h5-6,8,13-14,21H,4,7H2,1-3H3,(H,22,23)/t8?,13-,14+/m0/s1. The molecule has 1 fully saturated rings. The lowest BCUT2D eigenvalue weighted by Gasteiger charge is -2.46. The predicted octanol–water partition coefficient (Wildman–Crippen LogP) is 3.07. The number of rotatable bonds is 2. The van der Waals surface area contributed by atoms with Crippen LogP contribution >= 0.6 is 0 Å². The van der Waals surface area contributed by atoms with Gasteiger partial charge in [0.1, 0.15) is 11.9 Å². The molecule has 0 radical (unpaired) electrons. The van der Waals surface area contributed by atoms with Crippen molar-refractivity contribution in [3.63, 3.8) is 0 Å². The molecule has 2 N–H and O–H groups in total. The molecule has 1 aromatic rings. The van der Waals surface area contributed by atoms with E-state index in [-0.39, 0.29) is 18.6 Å². The Hall–Kier alpha value is -1.80. The second kappa shape index (κ2) is 6.60. The van der Waals surface area contributed by atoms with Gasteiger partial charge in [0.05, 0.1) is 18.8 Å². The van der Waals surface area contributed by atoms with Gasteiger partial charge >= 0.3 is 6.09 Å². The number of aliphatic hydroxyl groups is 1. The zero-order chi connectivity index (χ0) is 18.2. The van der Waals surface area contributed by atoms with E-state index >= 15 is 0 Å². The van der Waals surface area contributed by atoms with Crippen LogP contribution in [0, 0.1) is 17.5 Å². The van der Waals surface area contributed by atoms with E-state index in [9.17, 15) is 28.2 Å². The van der Waals surface area contributed by atoms with E-state index in [4.69, 9.17) is 4.74 Å². The maximum Gasteiger partial charge on any atom is 0.408 e. The van der Waals surface area contributed by atoms with Crippen LogP contribution in [0.4, 0.5) is 18.0 Å². The number of amides is 1. The summed E-state index contributed by atoms with van der Waals surface area (Å²) in [5.74, 6) is -3.62. The molecular weight excluding hydrogens is 327 g/mol. The van der Waals surface area contributed by atoms with Gasteiger partial charge in [0.25, 0.3) is 0 Å². The third kappa shape index (κ3) is 3.64. The smallest absolute Gasteiger partial charge is 0.408 e. The van der Waals surface area contributed by atoms with E-state index in [1.165, 1.54) is 0 Å². The number of ether oxygens (including phenoxy) is 1. The van der Waals surface area contributed by atoms with Gasteiger partial charge in [0.2, 0.25) is 0 Å². The fourth-order valence-electron chi connectivity index (χ4n) is 3.02. The van der Waals surface area contributed by atoms with Crippen molar-refractivity contribution < 1.29 is 32.9 Å². The molecule has 0 aliphatic carbocycles. The fraction of sp³-hybridized carbons (Fsp3) is 0.562. The van der Waals surface area contributed by atoms with Crippen LogP contribution in [-0.4, -0.2) is 45.5 Å². The van der Waals surface area contributed by atoms with Crippen LogP contribution < -0.4 is 0 Å². The van der Waals surface area contributed by atoms with Crippen molar-refractivity contribution >= 4 is 6.09 Å². The number of nitrogens with zero attached hydrogens (tertiary/aromatic N) is 1. The average molecular weight is 347 g/mol. The molecule has 5 nitrogen and oxygen atoms in total. The quantitative estimate of drug-likeness (QED) is 0.807. The Morgan fingerprint density at radius 2 is 1.79 bits per heavy atom. The molecular formula is C16H20F3NO4. The Morgan fingerprint density at radius 1 is 1.21 bits per heavy atom. The topological polar surface area (TPSA) is 70.0 Å². The lowest BCUT2D eigenvalue weighted by molar-refractivity contribution is -0.115. The molecule has 0 saturated carbocycles. The van der Waals surface area contributed by atoms with E-state index in [2.05, 4.69) is 0 Å². The molecule has 1 aliphatic heterocycles. The first-order valence-electron chi connectivity index (χ1n) is 7.48. The first-order valence-corrected chi connectivity index (χ1v) is 7.48. The first-order chi connectivity index (χ1) is 11.0. The number of halogens is 3. The highest BCUT2D eigenvalue weighted by Gasteiger charge is 2.43. The van der Waals surface area contributed by atoms with Gasteiger partial charge in [-0.15, -0.1) is 0 Å². The molecule has 1 aromatic carbocycles. The molecule has 1 heterocycles. The Kier molecular flexibility index (Phi) is 5.10. The number of carbonyl (C=O) groups is 1. The summed E-state index contributed by atoms with van der Waals surface area (Å²) < 4.78 is 46.2. The van der Waals surface area contributed by atoms with Gasteiger partial charge in [-0.25, -0.2) is 18.0 Å². The molecule has 1 amide bonds. The minimum atomic E-state index is -1.34. The minimum absolute atomic E-state index is 0.00727. The zero-order valence-corrected chi connectivity index (χ0v) is 13.6. The largest absolute Gasteiger partial charge is 0.465 e. The van der Waals surface area contributed by atoms with Crippen molar-refractivity contribution in [1.29, 1.82) is 0 Å². The van der Waals surface area contributed by atoms with Gasteiger partial charge in [0, 0.05) is 17.2 Å². The molecule has 24 heavy (non-hydrogen) atoms. The highest BCUT2D eigenvalue weighted by molar-refractivity contribution is 5.66. The van der Waals surface area contributed by atoms with Crippen LogP contribution in [0.5, 0.6) is 0 Å². The summed E-state index contributed by atoms with van der Waals surface area (Å²) in [7, 11) is 0. The fourth-order valence-corrected chi connectivity index (χ4v) is 3.02. The van der Waals surface area contributed by atoms with Gasteiger partial charge in [-0.2, -0.15) is 0 Å². The van der Waals surface area contributed by atoms with Gasteiger partial charge in [0.15, 0.2) is 11.6 Å². The number of carboxylic acid groups (broad SMARTS) is 1. The monoisotopic (exact) mass is 347 g/mol. The Labute approximate surface area is 137 Å². The number of benzene rings is 1. The molecule has 1 unspecified atom stereocenters. The van der Waals surface area contributed by atoms with E-state index in [1.807, 2.05) is 0 Å². The summed E-state index contributed by atoms with van der Waals surface area (Å²) in [6, 6.07) is 0.117. The van der Waals surface area contributed by atoms with Gasteiger partial charge in [-0.3, -0.25) is 4.90 Å². The van der Waals surface area contributed by atoms with Crippen LogP contribution in [0.15, 0.2) is 12.1 Å². The molecule has 1 aliphatic rings. The number of aliphatic hydroxyl groups excluding tert-OH is 1. The van der Waals surface area contributed by atoms with E-state index in [1.54, 1.807) is 20.8 Å². The van der Waals surface area contributed by atoms with Crippen LogP contribution in [0.1, 0.15) is 38.9 Å². The lowest BCUT2D eigenvalue weighted by Crippen LogP contribution is -2.56. The second-order valence-electron chi connectivity index (χ2n) is 6.82. The third-order valence-corrected chi connectivity index (χ3v) is 3.94. The van der Waals surface area contributed by atoms with Crippen LogP contribution in [0.25, 0.3) is 0 Å². The van der Waals surface area contributed by atoms with Crippen LogP contribution in [-0.2, 0) is 4.74 Å². The lowest BCUT2D eigenvalue weighted by atomic mass is 9.90. The summed E-state index contributed by atoms with van der Waals surface area (Å²) in [4.78, 5) is 12.7. The molecule has 0 bridgehead atoms. The summed E-state index contributed by atoms with van der Waals surface area (Å²) >= 11 is 0. The zero-order valence-electron chi connectivity index (χ0n) is 13.6. The van der Waals surface area contributed by atoms with Gasteiger partial charge < -0.3 is 14.9 Å². The molecule has 134 valence electrons. The average Bonchev–Trinajstić information content (AvgIpc) is 2.41. The van der Waals surface area contributed by atoms with E-state index in [0.717, 1.165) is 4.90 Å². The summed E-state index contributed by atoms with van der Waals surface area (Å²) in [6.45, 7) is 4.76. The van der Waals surface area contributed by atoms with E-state index in [0.29, 0.717) is 12.1 Å². The third-order valence-electron chi connectivity index (χ3n) is 3.94. The maximum absolute atomic E-state index is 14.1. The van der Waals surface area contributed by atoms with Crippen LogP contribution in [0.2, 0.25) is 0 Å². The maximum atomic E-state index is 14.1. The highest BCUT2D eigenvalue weighted by atomic mass is 19.2. The number of hydrogen-bond donors (Lipinski definition) is 2. The van der Waals surface area contributed by atoms with Gasteiger partial charge in [-0.05, 0) is 33.3 Å². The summed E-state index contributed by atoms with van der Waals surface area (Å²) in [5, 5.41) is 19.4. The van der Waals surface area contributed by atoms with Crippen molar-refractivity contribution in [2.45, 2.75) is 51.0 Å². The Morgan fingerprint density at radius 3 is 2.33 bits per heavy atom. The molecule has 2 rings (SSSR count). The second-order valence-corrected chi connectivity index (χ2v) is 6.82. The predicted molar refractivity (Wildman–Crippen MR) is 79.0 cm³/mol. The Bertz CT molecular complexity index is 632. The van der Waals surface area contributed by atoms with Crippen molar-refractivity contribution in [3.8, 4) is 0 Å². The normalized spacial score (nSPS) is 24.7. The van der Waals surface area contributed by atoms with Crippen molar-refractivity contribution in [2.24, 2.45) is 0 Å². The molecule has 1 saturated heterocycles. The molecule has 0 aromatic heterocycles. The molecule has 3 atom stereocenters. The Balaban J connectivity index is 2.50. The summed E-state index contributed by atoms with van der Waals surface area (Å²) in [6.07, 6.45) is -3.38. The molecule has 0 spiro atoms. The first kappa shape index (κ1) is 18.5. The van der Waals surface area contributed by atoms with Crippen molar-refractivity contribution in [2.75, 3.05) is 6.61 Å². The van der Waals surface area contributed by atoms with Crippen LogP contribution in [0.3, 0.4) is 0 Å². The van der Waals surface area contributed by atoms with Crippen molar-refractivity contribution in [1.82, 2.24) is 4.90 Å². The SMILES string of the molecule is CC(C)(C)N(C(=O)O)[C@H]1CC(O)CO[C@@H]1c1cc(F)c(F)cc1F. The minimum Gasteiger partial charge on any atom is -0.465 e. The van der Waals surface area contributed by atoms with Gasteiger partial charge in [-0.1, -0.05) is 0 Å². The van der Waals surface area contributed by atoms with Crippen molar-refractivity contribution in [3.05, 3.63) is 35.1 Å². The highest BCUT2D eigenvalue weighted by Crippen LogP contribution is 2.37. The number of hydrogen-bond acceptors (Lipinski definition) is 3.